The molecule has 0 radical (unpaired) electrons. The maximum atomic E-state index is 13.2. The first-order valence-electron chi connectivity index (χ1n) is 5.50. The van der Waals surface area contributed by atoms with Crippen molar-refractivity contribution in [3.8, 4) is 6.07 Å². The zero-order valence-electron chi connectivity index (χ0n) is 9.90. The summed E-state index contributed by atoms with van der Waals surface area (Å²) in [6.07, 6.45) is 0. The number of aryl methyl sites for hydroxylation is 1. The van der Waals surface area contributed by atoms with E-state index in [9.17, 15) is 4.39 Å². The topological polar surface area (TPSA) is 61.9 Å². The van der Waals surface area contributed by atoms with Crippen LogP contribution in [0.25, 0.3) is 0 Å². The predicted octanol–water partition coefficient (Wildman–Crippen LogP) is 2.28. The monoisotopic (exact) mass is 245 g/mol. The molecule has 1 heterocycles. The minimum atomic E-state index is -0.400. The maximum Gasteiger partial charge on any atom is 0.133 e. The van der Waals surface area contributed by atoms with Crippen LogP contribution in [-0.4, -0.2) is 5.16 Å². The first-order chi connectivity index (χ1) is 8.67. The zero-order chi connectivity index (χ0) is 13.0. The summed E-state index contributed by atoms with van der Waals surface area (Å²) in [6.45, 7) is 2.83. The predicted molar refractivity (Wildman–Crippen MR) is 62.9 cm³/mol. The number of halogens is 1. The summed E-state index contributed by atoms with van der Waals surface area (Å²) in [5.74, 6) is 0.354. The van der Waals surface area contributed by atoms with E-state index in [4.69, 9.17) is 9.78 Å². The molecule has 0 saturated heterocycles. The van der Waals surface area contributed by atoms with Gasteiger partial charge in [-0.15, -0.1) is 0 Å². The average Bonchev–Trinajstić information content (AvgIpc) is 2.74. The number of nitrogens with zero attached hydrogens (tertiary/aromatic N) is 2. The van der Waals surface area contributed by atoms with E-state index < -0.39 is 5.82 Å². The molecule has 1 aromatic heterocycles. The molecule has 0 aliphatic carbocycles. The molecule has 2 rings (SSSR count). The Hall–Kier alpha value is -2.19. The van der Waals surface area contributed by atoms with E-state index in [1.807, 2.05) is 19.1 Å². The van der Waals surface area contributed by atoms with Crippen LogP contribution in [0.5, 0.6) is 0 Å². The summed E-state index contributed by atoms with van der Waals surface area (Å²) in [4.78, 5) is 0. The van der Waals surface area contributed by atoms with E-state index in [1.165, 1.54) is 12.1 Å². The van der Waals surface area contributed by atoms with Crippen molar-refractivity contribution in [1.29, 1.82) is 5.26 Å². The van der Waals surface area contributed by atoms with E-state index in [0.717, 1.165) is 17.0 Å². The third kappa shape index (κ3) is 3.15. The van der Waals surface area contributed by atoms with Gasteiger partial charge in [-0.05, 0) is 30.7 Å². The van der Waals surface area contributed by atoms with Gasteiger partial charge in [-0.25, -0.2) is 4.39 Å². The minimum absolute atomic E-state index is 0.323. The Kier molecular flexibility index (Phi) is 3.70. The highest BCUT2D eigenvalue weighted by Gasteiger charge is 2.02. The molecule has 0 unspecified atom stereocenters. The van der Waals surface area contributed by atoms with Crippen LogP contribution in [-0.2, 0) is 13.1 Å². The van der Waals surface area contributed by atoms with Crippen LogP contribution in [0.3, 0.4) is 0 Å². The summed E-state index contributed by atoms with van der Waals surface area (Å²) in [5.41, 5.74) is 1.85. The Balaban J connectivity index is 1.94. The fourth-order valence-electron chi connectivity index (χ4n) is 1.65. The molecule has 1 N–H and O–H groups in total. The molecule has 0 aliphatic heterocycles. The first kappa shape index (κ1) is 12.3. The molecule has 0 atom stereocenters. The van der Waals surface area contributed by atoms with Crippen LogP contribution in [0, 0.1) is 24.1 Å². The number of rotatable bonds is 4. The van der Waals surface area contributed by atoms with Crippen LogP contribution >= 0.6 is 0 Å². The first-order valence-corrected chi connectivity index (χ1v) is 5.50. The van der Waals surface area contributed by atoms with Gasteiger partial charge in [0, 0.05) is 19.2 Å². The summed E-state index contributed by atoms with van der Waals surface area (Å²) >= 11 is 0. The van der Waals surface area contributed by atoms with Crippen molar-refractivity contribution in [3.63, 3.8) is 0 Å². The molecule has 0 bridgehead atoms. The highest BCUT2D eigenvalue weighted by atomic mass is 19.1. The Labute approximate surface area is 104 Å². The van der Waals surface area contributed by atoms with Gasteiger partial charge < -0.3 is 9.84 Å². The quantitative estimate of drug-likeness (QED) is 0.897. The van der Waals surface area contributed by atoms with Gasteiger partial charge in [-0.2, -0.15) is 5.26 Å². The lowest BCUT2D eigenvalue weighted by Crippen LogP contribution is -2.13. The van der Waals surface area contributed by atoms with Gasteiger partial charge in [0.05, 0.1) is 17.3 Å². The maximum absolute atomic E-state index is 13.2. The molecule has 0 spiro atoms. The molecule has 18 heavy (non-hydrogen) atoms. The Morgan fingerprint density at radius 3 is 2.83 bits per heavy atom. The van der Waals surface area contributed by atoms with E-state index in [-0.39, 0.29) is 0 Å². The molecule has 5 heteroatoms. The summed E-state index contributed by atoms with van der Waals surface area (Å²) < 4.78 is 18.1. The molecule has 4 nitrogen and oxygen atoms in total. The van der Waals surface area contributed by atoms with Gasteiger partial charge in [-0.3, -0.25) is 0 Å². The van der Waals surface area contributed by atoms with Gasteiger partial charge in [0.1, 0.15) is 11.6 Å². The molecular weight excluding hydrogens is 233 g/mol. The highest BCUT2D eigenvalue weighted by molar-refractivity contribution is 5.33. The van der Waals surface area contributed by atoms with E-state index >= 15 is 0 Å². The van der Waals surface area contributed by atoms with Crippen molar-refractivity contribution in [1.82, 2.24) is 10.5 Å². The smallest absolute Gasteiger partial charge is 0.133 e. The van der Waals surface area contributed by atoms with Gasteiger partial charge in [0.2, 0.25) is 0 Å². The SMILES string of the molecule is Cc1cc(CNCc2cc(F)cc(C#N)c2)no1. The lowest BCUT2D eigenvalue weighted by molar-refractivity contribution is 0.388. The number of hydrogen-bond donors (Lipinski definition) is 1. The number of benzene rings is 1. The number of aromatic nitrogens is 1. The Morgan fingerprint density at radius 2 is 2.17 bits per heavy atom. The number of nitriles is 1. The van der Waals surface area contributed by atoms with Crippen molar-refractivity contribution in [3.05, 3.63) is 52.7 Å². The molecule has 0 fully saturated rings. The molecule has 1 aromatic carbocycles. The number of nitrogens with one attached hydrogen (secondary N) is 1. The largest absolute Gasteiger partial charge is 0.361 e. The Morgan fingerprint density at radius 1 is 1.33 bits per heavy atom. The summed E-state index contributed by atoms with van der Waals surface area (Å²) in [7, 11) is 0. The van der Waals surface area contributed by atoms with E-state index in [2.05, 4.69) is 10.5 Å². The van der Waals surface area contributed by atoms with Crippen LogP contribution in [0.2, 0.25) is 0 Å². The van der Waals surface area contributed by atoms with Crippen LogP contribution in [0.1, 0.15) is 22.6 Å². The second-order valence-corrected chi connectivity index (χ2v) is 3.99. The van der Waals surface area contributed by atoms with Gasteiger partial charge >= 0.3 is 0 Å². The van der Waals surface area contributed by atoms with Gasteiger partial charge in [-0.1, -0.05) is 5.16 Å². The third-order valence-electron chi connectivity index (χ3n) is 2.40. The van der Waals surface area contributed by atoms with Crippen LogP contribution in [0.15, 0.2) is 28.8 Å². The summed E-state index contributed by atoms with van der Waals surface area (Å²) in [6, 6.07) is 8.03. The molecule has 92 valence electrons. The van der Waals surface area contributed by atoms with Gasteiger partial charge in [0.25, 0.3) is 0 Å². The average molecular weight is 245 g/mol. The van der Waals surface area contributed by atoms with Gasteiger partial charge in [0.15, 0.2) is 0 Å². The fourth-order valence-corrected chi connectivity index (χ4v) is 1.65. The Bertz CT molecular complexity index is 586. The van der Waals surface area contributed by atoms with Crippen molar-refractivity contribution >= 4 is 0 Å². The lowest BCUT2D eigenvalue weighted by Gasteiger charge is -2.03. The third-order valence-corrected chi connectivity index (χ3v) is 2.40. The van der Waals surface area contributed by atoms with Crippen LogP contribution in [0.4, 0.5) is 4.39 Å². The molecule has 0 aliphatic rings. The lowest BCUT2D eigenvalue weighted by atomic mass is 10.1. The normalized spacial score (nSPS) is 10.3. The van der Waals surface area contributed by atoms with Crippen LogP contribution < -0.4 is 5.32 Å². The van der Waals surface area contributed by atoms with E-state index in [0.29, 0.717) is 18.7 Å². The molecule has 0 amide bonds. The van der Waals surface area contributed by atoms with Crippen molar-refractivity contribution in [2.24, 2.45) is 0 Å². The standard InChI is InChI=1S/C13H12FN3O/c1-9-2-13(17-18-9)8-16-7-11-3-10(6-15)4-12(14)5-11/h2-5,16H,7-8H2,1H3. The highest BCUT2D eigenvalue weighted by Crippen LogP contribution is 2.09. The summed E-state index contributed by atoms with van der Waals surface area (Å²) in [5, 5.41) is 15.7. The minimum Gasteiger partial charge on any atom is -0.361 e. The molecular formula is C13H12FN3O. The molecule has 2 aromatic rings. The number of hydrogen-bond acceptors (Lipinski definition) is 4. The van der Waals surface area contributed by atoms with E-state index in [1.54, 1.807) is 6.07 Å². The second-order valence-electron chi connectivity index (χ2n) is 3.99. The second kappa shape index (κ2) is 5.43. The van der Waals surface area contributed by atoms with Crippen molar-refractivity contribution < 1.29 is 8.91 Å². The zero-order valence-corrected chi connectivity index (χ0v) is 9.90. The van der Waals surface area contributed by atoms with Crippen molar-refractivity contribution in [2.45, 2.75) is 20.0 Å². The van der Waals surface area contributed by atoms with Crippen molar-refractivity contribution in [2.75, 3.05) is 0 Å². The fraction of sp³-hybridized carbons (Fsp3) is 0.231. The molecule has 0 saturated carbocycles.